The molecule has 0 unspecified atom stereocenters. The first-order valence-electron chi connectivity index (χ1n) is 5.69. The van der Waals surface area contributed by atoms with Gasteiger partial charge >= 0.3 is 0 Å². The molecule has 7 heteroatoms. The Morgan fingerprint density at radius 3 is 1.30 bits per heavy atom. The maximum atomic E-state index is 10.6. The van der Waals surface area contributed by atoms with Crippen molar-refractivity contribution in [2.45, 2.75) is 5.25 Å². The molecule has 0 aliphatic rings. The normalized spacial score (nSPS) is 10.5. The van der Waals surface area contributed by atoms with Crippen LogP contribution in [0.4, 0.5) is 11.4 Å². The van der Waals surface area contributed by atoms with E-state index in [1.807, 2.05) is 0 Å². The number of rotatable bonds is 4. The van der Waals surface area contributed by atoms with E-state index in [2.05, 4.69) is 12.6 Å². The quantitative estimate of drug-likeness (QED) is 0.492. The summed E-state index contributed by atoms with van der Waals surface area (Å²) in [4.78, 5) is 20.2. The Balaban J connectivity index is 2.24. The van der Waals surface area contributed by atoms with Gasteiger partial charge in [-0.1, -0.05) is 0 Å². The predicted octanol–water partition coefficient (Wildman–Crippen LogP) is 2.60. The SMILES string of the molecule is O=[N+]([O-])c1ccc(C([SH2+])c2ccc([N+](=O)[O-])cc2)cc1. The van der Waals surface area contributed by atoms with Crippen LogP contribution in [0.1, 0.15) is 16.4 Å². The third kappa shape index (κ3) is 2.94. The molecule has 0 bridgehead atoms. The van der Waals surface area contributed by atoms with E-state index in [9.17, 15) is 20.2 Å². The number of hydrogen-bond acceptors (Lipinski definition) is 4. The molecule has 0 amide bonds. The van der Waals surface area contributed by atoms with Crippen LogP contribution in [-0.2, 0) is 12.6 Å². The molecule has 0 heterocycles. The molecule has 6 nitrogen and oxygen atoms in total. The Morgan fingerprint density at radius 1 is 0.750 bits per heavy atom. The topological polar surface area (TPSA) is 86.3 Å². The summed E-state index contributed by atoms with van der Waals surface area (Å²) in [5, 5.41) is 21.0. The van der Waals surface area contributed by atoms with Gasteiger partial charge in [-0.25, -0.2) is 0 Å². The molecule has 0 saturated carbocycles. The summed E-state index contributed by atoms with van der Waals surface area (Å²) in [5.74, 6) is 0. The molecule has 0 fully saturated rings. The molecule has 0 aliphatic heterocycles. The van der Waals surface area contributed by atoms with Gasteiger partial charge in [-0.2, -0.15) is 0 Å². The fourth-order valence-electron chi connectivity index (χ4n) is 1.77. The van der Waals surface area contributed by atoms with Crippen LogP contribution in [0.25, 0.3) is 0 Å². The summed E-state index contributed by atoms with van der Waals surface area (Å²) in [6, 6.07) is 12.3. The van der Waals surface area contributed by atoms with Crippen LogP contribution in [0.5, 0.6) is 0 Å². The van der Waals surface area contributed by atoms with E-state index >= 15 is 0 Å². The maximum Gasteiger partial charge on any atom is 0.269 e. The van der Waals surface area contributed by atoms with Crippen molar-refractivity contribution in [3.05, 3.63) is 79.9 Å². The third-order valence-electron chi connectivity index (χ3n) is 2.87. The maximum absolute atomic E-state index is 10.6. The highest BCUT2D eigenvalue weighted by molar-refractivity contribution is 7.59. The zero-order valence-electron chi connectivity index (χ0n) is 10.2. The summed E-state index contributed by atoms with van der Waals surface area (Å²) in [5.41, 5.74) is 1.72. The van der Waals surface area contributed by atoms with Crippen LogP contribution < -0.4 is 0 Å². The van der Waals surface area contributed by atoms with E-state index in [1.165, 1.54) is 24.3 Å². The molecule has 0 N–H and O–H groups in total. The number of nitro groups is 2. The molecular formula is C13H11N2O4S+. The number of non-ortho nitro benzene ring substituents is 2. The average molecular weight is 291 g/mol. The lowest BCUT2D eigenvalue weighted by Gasteiger charge is -2.06. The molecular weight excluding hydrogens is 280 g/mol. The van der Waals surface area contributed by atoms with Gasteiger partial charge in [-0.05, 0) is 36.9 Å². The standard InChI is InChI=1S/C13H10N2O4S/c16-14(17)11-5-1-9(2-6-11)13(20)10-3-7-12(8-4-10)15(18)19/h1-8,13,20H/p+1. The predicted molar refractivity (Wildman–Crippen MR) is 78.2 cm³/mol. The Labute approximate surface area is 119 Å². The Hall–Kier alpha value is -2.41. The molecule has 20 heavy (non-hydrogen) atoms. The highest BCUT2D eigenvalue weighted by Gasteiger charge is 2.17. The van der Waals surface area contributed by atoms with Gasteiger partial charge in [0.2, 0.25) is 0 Å². The Kier molecular flexibility index (Phi) is 3.99. The molecule has 102 valence electrons. The monoisotopic (exact) mass is 291 g/mol. The van der Waals surface area contributed by atoms with E-state index in [0.717, 1.165) is 11.1 Å². The molecule has 2 rings (SSSR count). The summed E-state index contributed by atoms with van der Waals surface area (Å²) in [6.07, 6.45) is 0. The van der Waals surface area contributed by atoms with E-state index in [0.29, 0.717) is 0 Å². The minimum atomic E-state index is -0.460. The van der Waals surface area contributed by atoms with Crippen molar-refractivity contribution in [3.8, 4) is 0 Å². The zero-order chi connectivity index (χ0) is 14.7. The first-order chi connectivity index (χ1) is 9.49. The number of nitrogens with zero attached hydrogens (tertiary/aromatic N) is 2. The van der Waals surface area contributed by atoms with Crippen LogP contribution in [0, 0.1) is 20.2 Å². The lowest BCUT2D eigenvalue weighted by atomic mass is 10.0. The second kappa shape index (κ2) is 5.70. The van der Waals surface area contributed by atoms with Crippen LogP contribution in [-0.4, -0.2) is 9.85 Å². The molecule has 0 aromatic heterocycles. The average Bonchev–Trinajstić information content (AvgIpc) is 2.46. The summed E-state index contributed by atoms with van der Waals surface area (Å²) < 4.78 is 0. The van der Waals surface area contributed by atoms with Crippen LogP contribution in [0.3, 0.4) is 0 Å². The summed E-state index contributed by atoms with van der Waals surface area (Å²) in [7, 11) is 0. The minimum absolute atomic E-state index is 0.0244. The third-order valence-corrected chi connectivity index (χ3v) is 3.54. The lowest BCUT2D eigenvalue weighted by molar-refractivity contribution is -0.385. The smallest absolute Gasteiger partial charge is 0.258 e. The highest BCUT2D eigenvalue weighted by Crippen LogP contribution is 2.26. The largest absolute Gasteiger partial charge is 0.269 e. The van der Waals surface area contributed by atoms with Crippen LogP contribution in [0.2, 0.25) is 0 Å². The van der Waals surface area contributed by atoms with Gasteiger partial charge in [-0.3, -0.25) is 20.2 Å². The molecule has 0 saturated heterocycles. The summed E-state index contributed by atoms with van der Waals surface area (Å²) >= 11 is 3.53. The van der Waals surface area contributed by atoms with Crippen molar-refractivity contribution in [1.82, 2.24) is 0 Å². The minimum Gasteiger partial charge on any atom is -0.258 e. The molecule has 2 aromatic carbocycles. The van der Waals surface area contributed by atoms with Crippen molar-refractivity contribution in [2.75, 3.05) is 0 Å². The van der Waals surface area contributed by atoms with Gasteiger partial charge in [0.1, 0.15) is 0 Å². The van der Waals surface area contributed by atoms with Crippen molar-refractivity contribution in [1.29, 1.82) is 0 Å². The second-order valence-electron chi connectivity index (χ2n) is 4.13. The fourth-order valence-corrected chi connectivity index (χ4v) is 2.15. The Bertz CT molecular complexity index is 583. The van der Waals surface area contributed by atoms with Crippen molar-refractivity contribution < 1.29 is 9.85 Å². The second-order valence-corrected chi connectivity index (χ2v) is 4.71. The van der Waals surface area contributed by atoms with Gasteiger partial charge in [0.15, 0.2) is 5.25 Å². The van der Waals surface area contributed by atoms with Gasteiger partial charge in [-0.15, -0.1) is 0 Å². The van der Waals surface area contributed by atoms with Crippen molar-refractivity contribution in [2.24, 2.45) is 0 Å². The number of hydrogen-bond donors (Lipinski definition) is 0. The molecule has 0 radical (unpaired) electrons. The zero-order valence-corrected chi connectivity index (χ0v) is 11.2. The first kappa shape index (κ1) is 14.0. The van der Waals surface area contributed by atoms with Gasteiger partial charge in [0.05, 0.1) is 9.85 Å². The molecule has 0 aliphatic carbocycles. The van der Waals surface area contributed by atoms with E-state index < -0.39 is 9.85 Å². The highest BCUT2D eigenvalue weighted by atomic mass is 32.1. The Morgan fingerprint density at radius 2 is 1.05 bits per heavy atom. The fraction of sp³-hybridized carbons (Fsp3) is 0.0769. The molecule has 2 aromatic rings. The van der Waals surface area contributed by atoms with Crippen molar-refractivity contribution >= 4 is 24.0 Å². The van der Waals surface area contributed by atoms with Crippen LogP contribution >= 0.6 is 0 Å². The van der Waals surface area contributed by atoms with Gasteiger partial charge < -0.3 is 0 Å². The van der Waals surface area contributed by atoms with Gasteiger partial charge in [0, 0.05) is 35.4 Å². The lowest BCUT2D eigenvalue weighted by Crippen LogP contribution is -1.98. The number of benzene rings is 2. The van der Waals surface area contributed by atoms with E-state index in [-0.39, 0.29) is 16.6 Å². The van der Waals surface area contributed by atoms with E-state index in [4.69, 9.17) is 0 Å². The molecule has 0 spiro atoms. The van der Waals surface area contributed by atoms with E-state index in [1.54, 1.807) is 24.3 Å². The van der Waals surface area contributed by atoms with Crippen LogP contribution in [0.15, 0.2) is 48.5 Å². The summed E-state index contributed by atoms with van der Waals surface area (Å²) in [6.45, 7) is 0. The van der Waals surface area contributed by atoms with Crippen molar-refractivity contribution in [3.63, 3.8) is 0 Å². The molecule has 0 atom stereocenters. The van der Waals surface area contributed by atoms with Gasteiger partial charge in [0.25, 0.3) is 11.4 Å². The first-order valence-corrected chi connectivity index (χ1v) is 6.26. The number of nitro benzene ring substituents is 2.